The fraction of sp³-hybridized carbons (Fsp3) is 0.200. The molecule has 0 fully saturated rings. The molecular weight excluding hydrogens is 208 g/mol. The van der Waals surface area contributed by atoms with Gasteiger partial charge in [0, 0.05) is 12.4 Å². The van der Waals surface area contributed by atoms with E-state index in [0.717, 1.165) is 5.56 Å². The Hall–Kier alpha value is -2.24. The van der Waals surface area contributed by atoms with Crippen LogP contribution in [0.2, 0.25) is 0 Å². The van der Waals surface area contributed by atoms with Gasteiger partial charge in [0.1, 0.15) is 0 Å². The van der Waals surface area contributed by atoms with Gasteiger partial charge in [-0.2, -0.15) is 5.10 Å². The van der Waals surface area contributed by atoms with Crippen molar-refractivity contribution in [3.8, 4) is 5.95 Å². The average Bonchev–Trinajstić information content (AvgIpc) is 2.64. The fourth-order valence-electron chi connectivity index (χ4n) is 1.30. The summed E-state index contributed by atoms with van der Waals surface area (Å²) >= 11 is 0. The number of aryl methyl sites for hydroxylation is 2. The van der Waals surface area contributed by atoms with E-state index in [9.17, 15) is 4.79 Å². The molecule has 1 N–H and O–H groups in total. The first kappa shape index (κ1) is 10.3. The molecule has 2 rings (SSSR count). The normalized spacial score (nSPS) is 10.4. The lowest BCUT2D eigenvalue weighted by atomic mass is 10.2. The van der Waals surface area contributed by atoms with E-state index in [4.69, 9.17) is 5.11 Å². The summed E-state index contributed by atoms with van der Waals surface area (Å²) in [6.45, 7) is 3.53. The monoisotopic (exact) mass is 218 g/mol. The van der Waals surface area contributed by atoms with Crippen LogP contribution in [0.25, 0.3) is 5.95 Å². The summed E-state index contributed by atoms with van der Waals surface area (Å²) in [4.78, 5) is 18.8. The van der Waals surface area contributed by atoms with E-state index in [-0.39, 0.29) is 5.56 Å². The van der Waals surface area contributed by atoms with E-state index in [1.165, 1.54) is 10.9 Å². The van der Waals surface area contributed by atoms with Crippen LogP contribution >= 0.6 is 0 Å². The smallest absolute Gasteiger partial charge is 0.339 e. The van der Waals surface area contributed by atoms with Crippen molar-refractivity contribution >= 4 is 5.97 Å². The van der Waals surface area contributed by atoms with Gasteiger partial charge >= 0.3 is 5.97 Å². The number of carbonyl (C=O) groups is 1. The third-order valence-electron chi connectivity index (χ3n) is 2.11. The third kappa shape index (κ3) is 1.77. The molecular formula is C10H10N4O2. The molecule has 6 nitrogen and oxygen atoms in total. The Morgan fingerprint density at radius 1 is 1.38 bits per heavy atom. The maximum absolute atomic E-state index is 10.8. The summed E-state index contributed by atoms with van der Waals surface area (Å²) in [6.07, 6.45) is 4.75. The molecule has 0 bridgehead atoms. The van der Waals surface area contributed by atoms with E-state index in [0.29, 0.717) is 11.6 Å². The molecule has 0 aromatic carbocycles. The summed E-state index contributed by atoms with van der Waals surface area (Å²) in [5, 5.41) is 12.9. The highest BCUT2D eigenvalue weighted by Crippen LogP contribution is 2.07. The van der Waals surface area contributed by atoms with E-state index in [1.807, 2.05) is 6.92 Å². The van der Waals surface area contributed by atoms with Crippen LogP contribution in [0.5, 0.6) is 0 Å². The summed E-state index contributed by atoms with van der Waals surface area (Å²) in [6, 6.07) is 0. The summed E-state index contributed by atoms with van der Waals surface area (Å²) in [5.74, 6) is -0.656. The second-order valence-electron chi connectivity index (χ2n) is 3.44. The van der Waals surface area contributed by atoms with Crippen LogP contribution in [-0.2, 0) is 0 Å². The summed E-state index contributed by atoms with van der Waals surface area (Å²) in [5.41, 5.74) is 1.52. The van der Waals surface area contributed by atoms with Crippen LogP contribution in [0.1, 0.15) is 21.6 Å². The molecule has 0 spiro atoms. The van der Waals surface area contributed by atoms with Gasteiger partial charge in [0.2, 0.25) is 0 Å². The molecule has 16 heavy (non-hydrogen) atoms. The van der Waals surface area contributed by atoms with Gasteiger partial charge in [-0.05, 0) is 19.4 Å². The first-order valence-electron chi connectivity index (χ1n) is 4.66. The van der Waals surface area contributed by atoms with Gasteiger partial charge < -0.3 is 5.11 Å². The molecule has 82 valence electrons. The molecule has 0 aliphatic heterocycles. The number of nitrogens with zero attached hydrogens (tertiary/aromatic N) is 4. The second-order valence-corrected chi connectivity index (χ2v) is 3.44. The molecule has 0 unspecified atom stereocenters. The maximum Gasteiger partial charge on any atom is 0.339 e. The zero-order chi connectivity index (χ0) is 11.7. The number of hydrogen-bond acceptors (Lipinski definition) is 4. The van der Waals surface area contributed by atoms with E-state index in [1.54, 1.807) is 19.3 Å². The van der Waals surface area contributed by atoms with E-state index >= 15 is 0 Å². The highest BCUT2D eigenvalue weighted by Gasteiger charge is 2.10. The molecule has 0 aliphatic carbocycles. The number of rotatable bonds is 2. The van der Waals surface area contributed by atoms with Crippen molar-refractivity contribution in [3.05, 3.63) is 35.4 Å². The molecule has 2 aromatic heterocycles. The van der Waals surface area contributed by atoms with Crippen LogP contribution in [-0.4, -0.2) is 30.8 Å². The van der Waals surface area contributed by atoms with Gasteiger partial charge in [0.25, 0.3) is 5.95 Å². The summed E-state index contributed by atoms with van der Waals surface area (Å²) in [7, 11) is 0. The first-order chi connectivity index (χ1) is 7.58. The molecule has 0 aliphatic rings. The topological polar surface area (TPSA) is 80.9 Å². The van der Waals surface area contributed by atoms with Gasteiger partial charge in [-0.3, -0.25) is 0 Å². The minimum atomic E-state index is -1.03. The molecule has 0 radical (unpaired) electrons. The van der Waals surface area contributed by atoms with Gasteiger partial charge in [0.05, 0.1) is 17.5 Å². The van der Waals surface area contributed by atoms with Gasteiger partial charge in [-0.15, -0.1) is 0 Å². The van der Waals surface area contributed by atoms with Crippen molar-refractivity contribution in [2.45, 2.75) is 13.8 Å². The lowest BCUT2D eigenvalue weighted by Gasteiger charge is -2.02. The van der Waals surface area contributed by atoms with Gasteiger partial charge in [-0.25, -0.2) is 19.4 Å². The number of aromatic carboxylic acids is 1. The minimum Gasteiger partial charge on any atom is -0.478 e. The molecule has 2 heterocycles. The number of carboxylic acid groups (broad SMARTS) is 1. The first-order valence-corrected chi connectivity index (χ1v) is 4.66. The lowest BCUT2D eigenvalue weighted by Crippen LogP contribution is -2.08. The number of carboxylic acids is 1. The Labute approximate surface area is 91.6 Å². The van der Waals surface area contributed by atoms with Crippen molar-refractivity contribution < 1.29 is 9.90 Å². The Bertz CT molecular complexity index is 548. The number of aromatic nitrogens is 4. The zero-order valence-electron chi connectivity index (χ0n) is 8.88. The average molecular weight is 218 g/mol. The molecule has 0 saturated heterocycles. The van der Waals surface area contributed by atoms with Crippen LogP contribution in [0.15, 0.2) is 18.6 Å². The molecule has 0 saturated carbocycles. The predicted molar refractivity (Wildman–Crippen MR) is 55.6 cm³/mol. The fourth-order valence-corrected chi connectivity index (χ4v) is 1.30. The molecule has 6 heteroatoms. The number of hydrogen-bond donors (Lipinski definition) is 1. The molecule has 2 aromatic rings. The van der Waals surface area contributed by atoms with Crippen LogP contribution in [0, 0.1) is 13.8 Å². The van der Waals surface area contributed by atoms with Crippen molar-refractivity contribution in [2.75, 3.05) is 0 Å². The van der Waals surface area contributed by atoms with Gasteiger partial charge in [0.15, 0.2) is 0 Å². The lowest BCUT2D eigenvalue weighted by molar-refractivity contribution is 0.0695. The van der Waals surface area contributed by atoms with Crippen LogP contribution in [0.3, 0.4) is 0 Å². The summed E-state index contributed by atoms with van der Waals surface area (Å²) < 4.78 is 1.51. The molecule has 0 amide bonds. The highest BCUT2D eigenvalue weighted by molar-refractivity contribution is 5.88. The largest absolute Gasteiger partial charge is 0.478 e. The standard InChI is InChI=1S/C10H10N4O2/c1-6-3-12-14(5-6)10-11-4-8(9(15)16)7(2)13-10/h3-5H,1-2H3,(H,15,16). The van der Waals surface area contributed by atoms with Crippen molar-refractivity contribution in [1.29, 1.82) is 0 Å². The Balaban J connectivity index is 2.45. The Morgan fingerprint density at radius 2 is 2.12 bits per heavy atom. The minimum absolute atomic E-state index is 0.104. The van der Waals surface area contributed by atoms with Crippen LogP contribution in [0.4, 0.5) is 0 Å². The highest BCUT2D eigenvalue weighted by atomic mass is 16.4. The zero-order valence-corrected chi connectivity index (χ0v) is 8.88. The Morgan fingerprint density at radius 3 is 2.62 bits per heavy atom. The van der Waals surface area contributed by atoms with Crippen molar-refractivity contribution in [3.63, 3.8) is 0 Å². The van der Waals surface area contributed by atoms with E-state index < -0.39 is 5.97 Å². The van der Waals surface area contributed by atoms with Gasteiger partial charge in [-0.1, -0.05) is 0 Å². The predicted octanol–water partition coefficient (Wildman–Crippen LogP) is 0.977. The van der Waals surface area contributed by atoms with E-state index in [2.05, 4.69) is 15.1 Å². The SMILES string of the molecule is Cc1cnn(-c2ncc(C(=O)O)c(C)n2)c1. The van der Waals surface area contributed by atoms with Crippen LogP contribution < -0.4 is 0 Å². The maximum atomic E-state index is 10.8. The quantitative estimate of drug-likeness (QED) is 0.812. The second kappa shape index (κ2) is 3.73. The third-order valence-corrected chi connectivity index (χ3v) is 2.11. The van der Waals surface area contributed by atoms with Crippen molar-refractivity contribution in [1.82, 2.24) is 19.7 Å². The Kier molecular flexibility index (Phi) is 2.40. The molecule has 0 atom stereocenters. The van der Waals surface area contributed by atoms with Crippen molar-refractivity contribution in [2.24, 2.45) is 0 Å².